The van der Waals surface area contributed by atoms with Gasteiger partial charge in [0.1, 0.15) is 5.82 Å². The molecule has 1 heterocycles. The molecule has 1 rings (SSSR count). The molecular weight excluding hydrogens is 209 g/mol. The first kappa shape index (κ1) is 13.0. The van der Waals surface area contributed by atoms with Crippen LogP contribution in [0.2, 0.25) is 0 Å². The average molecular weight is 227 g/mol. The van der Waals surface area contributed by atoms with E-state index in [0.717, 1.165) is 0 Å². The molecule has 0 bridgehead atoms. The molecule has 1 aromatic rings. The second kappa shape index (κ2) is 5.34. The highest BCUT2D eigenvalue weighted by Gasteiger charge is 2.23. The normalized spacial score (nSPS) is 13.8. The van der Waals surface area contributed by atoms with E-state index in [2.05, 4.69) is 10.4 Å². The highest BCUT2D eigenvalue weighted by atomic mass is 19.1. The summed E-state index contributed by atoms with van der Waals surface area (Å²) in [7, 11) is 1.64. The second-order valence-electron chi connectivity index (χ2n) is 4.32. The number of nitrogens with two attached hydrogens (primary N) is 1. The molecule has 4 nitrogen and oxygen atoms in total. The van der Waals surface area contributed by atoms with Gasteiger partial charge in [-0.2, -0.15) is 0 Å². The highest BCUT2D eigenvalue weighted by molar-refractivity contribution is 5.15. The number of ether oxygens (including phenoxy) is 1. The average Bonchev–Trinajstić information content (AvgIpc) is 2.26. The largest absolute Gasteiger partial charge is 0.379 e. The number of aromatic nitrogens is 1. The van der Waals surface area contributed by atoms with Crippen LogP contribution in [-0.4, -0.2) is 17.7 Å². The number of pyridine rings is 1. The van der Waals surface area contributed by atoms with Crippen molar-refractivity contribution in [1.82, 2.24) is 10.4 Å². The summed E-state index contributed by atoms with van der Waals surface area (Å²) in [5.74, 6) is 5.09. The zero-order chi connectivity index (χ0) is 12.2. The van der Waals surface area contributed by atoms with Crippen LogP contribution in [0.4, 0.5) is 4.39 Å². The van der Waals surface area contributed by atoms with Gasteiger partial charge in [0, 0.05) is 13.3 Å². The lowest BCUT2D eigenvalue weighted by molar-refractivity contribution is 0.00676. The summed E-state index contributed by atoms with van der Waals surface area (Å²) in [4.78, 5) is 3.80. The zero-order valence-corrected chi connectivity index (χ0v) is 9.83. The molecule has 16 heavy (non-hydrogen) atoms. The molecule has 0 aromatic carbocycles. The van der Waals surface area contributed by atoms with E-state index in [1.807, 2.05) is 13.8 Å². The van der Waals surface area contributed by atoms with Gasteiger partial charge in [0.05, 0.1) is 17.8 Å². The van der Waals surface area contributed by atoms with Gasteiger partial charge in [0.15, 0.2) is 0 Å². The van der Waals surface area contributed by atoms with E-state index >= 15 is 0 Å². The monoisotopic (exact) mass is 227 g/mol. The lowest BCUT2D eigenvalue weighted by Gasteiger charge is -2.28. The highest BCUT2D eigenvalue weighted by Crippen LogP contribution is 2.25. The van der Waals surface area contributed by atoms with Gasteiger partial charge in [-0.15, -0.1) is 0 Å². The van der Waals surface area contributed by atoms with Crippen molar-refractivity contribution in [1.29, 1.82) is 0 Å². The molecule has 0 saturated carbocycles. The van der Waals surface area contributed by atoms with Crippen LogP contribution in [0.5, 0.6) is 0 Å². The fraction of sp³-hybridized carbons (Fsp3) is 0.545. The maximum atomic E-state index is 13.0. The zero-order valence-electron chi connectivity index (χ0n) is 9.83. The molecule has 0 aliphatic carbocycles. The van der Waals surface area contributed by atoms with Gasteiger partial charge >= 0.3 is 0 Å². The first-order chi connectivity index (χ1) is 7.48. The van der Waals surface area contributed by atoms with E-state index in [9.17, 15) is 4.39 Å². The summed E-state index contributed by atoms with van der Waals surface area (Å²) in [5.41, 5.74) is 3.03. The van der Waals surface area contributed by atoms with Gasteiger partial charge in [-0.25, -0.2) is 4.39 Å². The summed E-state index contributed by atoms with van der Waals surface area (Å²) in [5, 5.41) is 0. The van der Waals surface area contributed by atoms with Crippen LogP contribution < -0.4 is 11.3 Å². The Balaban J connectivity index is 2.82. The first-order valence-electron chi connectivity index (χ1n) is 5.10. The Morgan fingerprint density at radius 2 is 2.25 bits per heavy atom. The number of halogens is 1. The van der Waals surface area contributed by atoms with Crippen LogP contribution in [0.1, 0.15) is 31.9 Å². The van der Waals surface area contributed by atoms with Gasteiger partial charge < -0.3 is 4.74 Å². The van der Waals surface area contributed by atoms with Crippen LogP contribution >= 0.6 is 0 Å². The fourth-order valence-corrected chi connectivity index (χ4v) is 1.47. The van der Waals surface area contributed by atoms with Crippen LogP contribution in [-0.2, 0) is 4.74 Å². The molecule has 0 fully saturated rings. The molecule has 0 radical (unpaired) electrons. The minimum Gasteiger partial charge on any atom is -0.379 e. The molecule has 90 valence electrons. The first-order valence-corrected chi connectivity index (χ1v) is 5.10. The maximum absolute atomic E-state index is 13.0. The molecule has 1 aromatic heterocycles. The van der Waals surface area contributed by atoms with Gasteiger partial charge in [-0.3, -0.25) is 16.3 Å². The smallest absolute Gasteiger partial charge is 0.141 e. The lowest BCUT2D eigenvalue weighted by atomic mass is 9.95. The molecule has 0 spiro atoms. The van der Waals surface area contributed by atoms with Crippen molar-refractivity contribution < 1.29 is 9.13 Å². The van der Waals surface area contributed by atoms with E-state index in [0.29, 0.717) is 12.0 Å². The Morgan fingerprint density at radius 1 is 1.56 bits per heavy atom. The molecule has 3 N–H and O–H groups in total. The number of hydrogen-bond acceptors (Lipinski definition) is 4. The van der Waals surface area contributed by atoms with Gasteiger partial charge in [-0.1, -0.05) is 0 Å². The Labute approximate surface area is 95.0 Å². The van der Waals surface area contributed by atoms with Gasteiger partial charge in [0.2, 0.25) is 0 Å². The molecule has 5 heteroatoms. The van der Waals surface area contributed by atoms with Crippen molar-refractivity contribution in [3.05, 3.63) is 29.8 Å². The Kier molecular flexibility index (Phi) is 4.35. The van der Waals surface area contributed by atoms with Crippen molar-refractivity contribution >= 4 is 0 Å². The SMILES string of the molecule is COC(C)(C)CC(NN)c1cncc(F)c1. The van der Waals surface area contributed by atoms with Gasteiger partial charge in [-0.05, 0) is 31.9 Å². The summed E-state index contributed by atoms with van der Waals surface area (Å²) < 4.78 is 18.3. The number of methoxy groups -OCH3 is 1. The molecule has 0 aliphatic heterocycles. The summed E-state index contributed by atoms with van der Waals surface area (Å²) in [6.07, 6.45) is 3.39. The third-order valence-corrected chi connectivity index (χ3v) is 2.58. The Hall–Kier alpha value is -1.04. The second-order valence-corrected chi connectivity index (χ2v) is 4.32. The number of nitrogens with zero attached hydrogens (tertiary/aromatic N) is 1. The molecule has 1 unspecified atom stereocenters. The molecule has 1 atom stereocenters. The minimum absolute atomic E-state index is 0.182. The van der Waals surface area contributed by atoms with Crippen LogP contribution in [0.3, 0.4) is 0 Å². The number of rotatable bonds is 5. The molecule has 0 aliphatic rings. The summed E-state index contributed by atoms with van der Waals surface area (Å²) in [6.45, 7) is 3.90. The Morgan fingerprint density at radius 3 is 2.75 bits per heavy atom. The lowest BCUT2D eigenvalue weighted by Crippen LogP contribution is -2.35. The van der Waals surface area contributed by atoms with Crippen LogP contribution in [0.15, 0.2) is 18.5 Å². The third-order valence-electron chi connectivity index (χ3n) is 2.58. The molecular formula is C11H18FN3O. The van der Waals surface area contributed by atoms with E-state index in [1.165, 1.54) is 12.3 Å². The standard InChI is InChI=1S/C11H18FN3O/c1-11(2,16-3)5-10(15-13)8-4-9(12)7-14-6-8/h4,6-7,10,15H,5,13H2,1-3H3. The molecule has 0 saturated heterocycles. The van der Waals surface area contributed by atoms with Crippen molar-refractivity contribution in [2.75, 3.05) is 7.11 Å². The van der Waals surface area contributed by atoms with Crippen molar-refractivity contribution in [2.45, 2.75) is 31.9 Å². The maximum Gasteiger partial charge on any atom is 0.141 e. The van der Waals surface area contributed by atoms with Crippen molar-refractivity contribution in [3.63, 3.8) is 0 Å². The number of hydrazine groups is 1. The quantitative estimate of drug-likeness (QED) is 0.591. The van der Waals surface area contributed by atoms with Crippen LogP contribution in [0.25, 0.3) is 0 Å². The third kappa shape index (κ3) is 3.52. The predicted octanol–water partition coefficient (Wildman–Crippen LogP) is 1.54. The van der Waals surface area contributed by atoms with Gasteiger partial charge in [0.25, 0.3) is 0 Å². The van der Waals surface area contributed by atoms with Crippen molar-refractivity contribution in [3.8, 4) is 0 Å². The molecule has 0 amide bonds. The van der Waals surface area contributed by atoms with E-state index in [-0.39, 0.29) is 17.5 Å². The van der Waals surface area contributed by atoms with E-state index in [4.69, 9.17) is 10.6 Å². The predicted molar refractivity (Wildman–Crippen MR) is 60.0 cm³/mol. The Bertz CT molecular complexity index is 344. The fourth-order valence-electron chi connectivity index (χ4n) is 1.47. The summed E-state index contributed by atoms with van der Waals surface area (Å²) in [6, 6.07) is 1.24. The topological polar surface area (TPSA) is 60.2 Å². The summed E-state index contributed by atoms with van der Waals surface area (Å²) >= 11 is 0. The van der Waals surface area contributed by atoms with E-state index < -0.39 is 0 Å². The van der Waals surface area contributed by atoms with E-state index in [1.54, 1.807) is 13.3 Å². The van der Waals surface area contributed by atoms with Crippen LogP contribution in [0, 0.1) is 5.82 Å². The van der Waals surface area contributed by atoms with Crippen molar-refractivity contribution in [2.24, 2.45) is 5.84 Å². The number of nitrogens with one attached hydrogen (secondary N) is 1. The number of hydrogen-bond donors (Lipinski definition) is 2. The minimum atomic E-state index is -0.368.